The lowest BCUT2D eigenvalue weighted by Crippen LogP contribution is -2.15. The topological polar surface area (TPSA) is 12.0 Å². The van der Waals surface area contributed by atoms with Crippen LogP contribution >= 0.6 is 11.6 Å². The van der Waals surface area contributed by atoms with Gasteiger partial charge in [-0.05, 0) is 30.7 Å². The van der Waals surface area contributed by atoms with Crippen molar-refractivity contribution in [2.75, 3.05) is 6.54 Å². The quantitative estimate of drug-likeness (QED) is 0.758. The van der Waals surface area contributed by atoms with Gasteiger partial charge in [0.2, 0.25) is 0 Å². The first kappa shape index (κ1) is 11.2. The minimum absolute atomic E-state index is 0.262. The summed E-state index contributed by atoms with van der Waals surface area (Å²) in [7, 11) is 0. The molecule has 0 saturated heterocycles. The number of halogens is 2. The fourth-order valence-corrected chi connectivity index (χ4v) is 1.27. The molecule has 0 saturated carbocycles. The van der Waals surface area contributed by atoms with E-state index in [4.69, 9.17) is 11.6 Å². The normalized spacial score (nSPS) is 10.2. The van der Waals surface area contributed by atoms with Gasteiger partial charge in [0.15, 0.2) is 0 Å². The molecule has 0 aliphatic heterocycles. The molecule has 0 aliphatic carbocycles. The highest BCUT2D eigenvalue weighted by Gasteiger charge is 2.01. The highest BCUT2D eigenvalue weighted by atomic mass is 35.5. The fraction of sp³-hybridized carbons (Fsp3) is 0.273. The van der Waals surface area contributed by atoms with E-state index in [0.717, 1.165) is 11.1 Å². The monoisotopic (exact) mass is 213 g/mol. The van der Waals surface area contributed by atoms with Gasteiger partial charge >= 0.3 is 0 Å². The number of nitrogens with one attached hydrogen (secondary N) is 1. The molecule has 3 heteroatoms. The van der Waals surface area contributed by atoms with Crippen molar-refractivity contribution in [2.24, 2.45) is 0 Å². The van der Waals surface area contributed by atoms with Crippen LogP contribution in [0.3, 0.4) is 0 Å². The smallest absolute Gasteiger partial charge is 0.123 e. The zero-order valence-corrected chi connectivity index (χ0v) is 8.87. The Kier molecular flexibility index (Phi) is 4.11. The largest absolute Gasteiger partial charge is 0.309 e. The minimum Gasteiger partial charge on any atom is -0.309 e. The standard InChI is InChI=1S/C11H13ClFN/c1-8(2)6-14-7-9-5-10(13)3-4-11(9)12/h3-5,14H,1,6-7H2,2H3. The van der Waals surface area contributed by atoms with Crippen LogP contribution in [-0.4, -0.2) is 6.54 Å². The molecule has 0 aromatic heterocycles. The molecule has 0 fully saturated rings. The molecule has 1 aromatic rings. The summed E-state index contributed by atoms with van der Waals surface area (Å²) in [6, 6.07) is 4.35. The summed E-state index contributed by atoms with van der Waals surface area (Å²) in [6.45, 7) is 6.96. The zero-order chi connectivity index (χ0) is 10.6. The first-order valence-corrected chi connectivity index (χ1v) is 4.76. The van der Waals surface area contributed by atoms with Crippen molar-refractivity contribution in [3.05, 3.63) is 46.8 Å². The Hall–Kier alpha value is -0.860. The third kappa shape index (κ3) is 3.48. The summed E-state index contributed by atoms with van der Waals surface area (Å²) >= 11 is 5.88. The molecule has 0 aliphatic rings. The van der Waals surface area contributed by atoms with Crippen LogP contribution in [0.2, 0.25) is 5.02 Å². The van der Waals surface area contributed by atoms with E-state index in [9.17, 15) is 4.39 Å². The maximum Gasteiger partial charge on any atom is 0.123 e. The van der Waals surface area contributed by atoms with Gasteiger partial charge in [-0.1, -0.05) is 23.8 Å². The van der Waals surface area contributed by atoms with Gasteiger partial charge in [-0.3, -0.25) is 0 Å². The summed E-state index contributed by atoms with van der Waals surface area (Å²) < 4.78 is 12.8. The molecule has 0 bridgehead atoms. The average molecular weight is 214 g/mol. The molecular weight excluding hydrogens is 201 g/mol. The van der Waals surface area contributed by atoms with Crippen molar-refractivity contribution in [1.29, 1.82) is 0 Å². The van der Waals surface area contributed by atoms with Crippen LogP contribution in [0, 0.1) is 5.82 Å². The Labute approximate surface area is 88.6 Å². The number of rotatable bonds is 4. The molecule has 1 N–H and O–H groups in total. The Morgan fingerprint density at radius 1 is 1.57 bits per heavy atom. The maximum atomic E-state index is 12.8. The van der Waals surface area contributed by atoms with E-state index in [2.05, 4.69) is 11.9 Å². The number of hydrogen-bond acceptors (Lipinski definition) is 1. The minimum atomic E-state index is -0.262. The van der Waals surface area contributed by atoms with Gasteiger partial charge < -0.3 is 5.32 Å². The maximum absolute atomic E-state index is 12.8. The third-order valence-electron chi connectivity index (χ3n) is 1.75. The Morgan fingerprint density at radius 3 is 2.93 bits per heavy atom. The van der Waals surface area contributed by atoms with E-state index >= 15 is 0 Å². The molecular formula is C11H13ClFN. The second-order valence-electron chi connectivity index (χ2n) is 3.30. The van der Waals surface area contributed by atoms with E-state index in [-0.39, 0.29) is 5.82 Å². The predicted octanol–water partition coefficient (Wildman–Crippen LogP) is 3.14. The molecule has 1 nitrogen and oxygen atoms in total. The highest BCUT2D eigenvalue weighted by molar-refractivity contribution is 6.31. The van der Waals surface area contributed by atoms with E-state index in [1.165, 1.54) is 12.1 Å². The van der Waals surface area contributed by atoms with Crippen molar-refractivity contribution < 1.29 is 4.39 Å². The van der Waals surface area contributed by atoms with Gasteiger partial charge in [0.1, 0.15) is 5.82 Å². The predicted molar refractivity (Wildman–Crippen MR) is 57.9 cm³/mol. The average Bonchev–Trinajstić information content (AvgIpc) is 2.10. The molecule has 0 spiro atoms. The van der Waals surface area contributed by atoms with Gasteiger partial charge in [-0.2, -0.15) is 0 Å². The summed E-state index contributed by atoms with van der Waals surface area (Å²) in [5.41, 5.74) is 1.81. The highest BCUT2D eigenvalue weighted by Crippen LogP contribution is 2.16. The van der Waals surface area contributed by atoms with Crippen molar-refractivity contribution in [1.82, 2.24) is 5.32 Å². The lowest BCUT2D eigenvalue weighted by Gasteiger charge is -2.06. The molecule has 0 unspecified atom stereocenters. The Bertz CT molecular complexity index is 336. The van der Waals surface area contributed by atoms with Crippen molar-refractivity contribution in [2.45, 2.75) is 13.5 Å². The van der Waals surface area contributed by atoms with E-state index in [1.807, 2.05) is 6.92 Å². The van der Waals surface area contributed by atoms with Gasteiger partial charge in [0.25, 0.3) is 0 Å². The Morgan fingerprint density at radius 2 is 2.29 bits per heavy atom. The van der Waals surface area contributed by atoms with Gasteiger partial charge in [-0.25, -0.2) is 4.39 Å². The summed E-state index contributed by atoms with van der Waals surface area (Å²) in [4.78, 5) is 0. The van der Waals surface area contributed by atoms with Crippen LogP contribution in [0.1, 0.15) is 12.5 Å². The van der Waals surface area contributed by atoms with Crippen LogP contribution in [0.4, 0.5) is 4.39 Å². The second-order valence-corrected chi connectivity index (χ2v) is 3.70. The molecule has 14 heavy (non-hydrogen) atoms. The van der Waals surface area contributed by atoms with Gasteiger partial charge in [0, 0.05) is 18.1 Å². The third-order valence-corrected chi connectivity index (χ3v) is 2.12. The summed E-state index contributed by atoms with van der Waals surface area (Å²) in [6.07, 6.45) is 0. The number of benzene rings is 1. The summed E-state index contributed by atoms with van der Waals surface area (Å²) in [5, 5.41) is 3.70. The SMILES string of the molecule is C=C(C)CNCc1cc(F)ccc1Cl. The van der Waals surface area contributed by atoms with Crippen molar-refractivity contribution in [3.8, 4) is 0 Å². The molecule has 1 rings (SSSR count). The lowest BCUT2D eigenvalue weighted by molar-refractivity contribution is 0.622. The van der Waals surface area contributed by atoms with Crippen LogP contribution in [-0.2, 0) is 6.54 Å². The lowest BCUT2D eigenvalue weighted by atomic mass is 10.2. The van der Waals surface area contributed by atoms with Gasteiger partial charge in [-0.15, -0.1) is 0 Å². The van der Waals surface area contributed by atoms with Crippen LogP contribution in [0.15, 0.2) is 30.4 Å². The van der Waals surface area contributed by atoms with Crippen LogP contribution in [0.5, 0.6) is 0 Å². The van der Waals surface area contributed by atoms with Gasteiger partial charge in [0.05, 0.1) is 0 Å². The summed E-state index contributed by atoms with van der Waals surface area (Å²) in [5.74, 6) is -0.262. The fourth-order valence-electron chi connectivity index (χ4n) is 1.09. The van der Waals surface area contributed by atoms with Crippen LogP contribution in [0.25, 0.3) is 0 Å². The molecule has 1 aromatic carbocycles. The van der Waals surface area contributed by atoms with E-state index in [0.29, 0.717) is 18.1 Å². The second kappa shape index (κ2) is 5.13. The molecule has 0 amide bonds. The Balaban J connectivity index is 2.57. The first-order valence-electron chi connectivity index (χ1n) is 4.38. The molecule has 0 radical (unpaired) electrons. The van der Waals surface area contributed by atoms with Crippen LogP contribution < -0.4 is 5.32 Å². The molecule has 0 heterocycles. The van der Waals surface area contributed by atoms with Crippen molar-refractivity contribution in [3.63, 3.8) is 0 Å². The molecule has 0 atom stereocenters. The first-order chi connectivity index (χ1) is 6.59. The number of hydrogen-bond donors (Lipinski definition) is 1. The zero-order valence-electron chi connectivity index (χ0n) is 8.11. The van der Waals surface area contributed by atoms with Crippen molar-refractivity contribution >= 4 is 11.6 Å². The van der Waals surface area contributed by atoms with E-state index < -0.39 is 0 Å². The van der Waals surface area contributed by atoms with E-state index in [1.54, 1.807) is 6.07 Å². The molecule has 76 valence electrons.